The average molecular weight is 492 g/mol. The first-order valence-corrected chi connectivity index (χ1v) is 11.6. The Labute approximate surface area is 209 Å². The van der Waals surface area contributed by atoms with E-state index in [-0.39, 0.29) is 11.3 Å². The van der Waals surface area contributed by atoms with Gasteiger partial charge in [-0.1, -0.05) is 49.7 Å². The van der Waals surface area contributed by atoms with Crippen LogP contribution >= 0.6 is 11.6 Å². The summed E-state index contributed by atoms with van der Waals surface area (Å²) < 4.78 is 11.1. The molecule has 1 saturated heterocycles. The molecule has 1 amide bonds. The summed E-state index contributed by atoms with van der Waals surface area (Å²) in [4.78, 5) is 28.0. The Kier molecular flexibility index (Phi) is 7.12. The van der Waals surface area contributed by atoms with E-state index in [1.165, 1.54) is 12.0 Å². The second-order valence-electron chi connectivity index (χ2n) is 8.65. The van der Waals surface area contributed by atoms with Gasteiger partial charge in [-0.3, -0.25) is 14.5 Å². The monoisotopic (exact) mass is 491 g/mol. The van der Waals surface area contributed by atoms with Crippen molar-refractivity contribution in [1.82, 2.24) is 0 Å². The van der Waals surface area contributed by atoms with E-state index in [4.69, 9.17) is 21.1 Å². The maximum atomic E-state index is 13.3. The summed E-state index contributed by atoms with van der Waals surface area (Å²) in [6.07, 6.45) is 0. The van der Waals surface area contributed by atoms with Gasteiger partial charge in [0.2, 0.25) is 0 Å². The number of nitrogens with zero attached hydrogens (tertiary/aromatic N) is 1. The Balaban J connectivity index is 1.84. The molecule has 3 aromatic rings. The maximum Gasteiger partial charge on any atom is 0.300 e. The standard InChI is InChI=1S/C28H26ClNO5/c1-17(2)16-35-22-12-10-21(11-13-22)30-25(18-6-5-9-23(15-18)34-3)24(27(32)28(30)33)26(31)19-7-4-8-20(29)14-19/h4-15,17,25,31H,16H2,1-3H3/b26-24-. The second-order valence-corrected chi connectivity index (χ2v) is 9.09. The summed E-state index contributed by atoms with van der Waals surface area (Å²) in [5.41, 5.74) is 1.45. The van der Waals surface area contributed by atoms with E-state index in [0.717, 1.165) is 0 Å². The molecule has 0 aromatic heterocycles. The van der Waals surface area contributed by atoms with E-state index < -0.39 is 17.7 Å². The Bertz CT molecular complexity index is 1280. The molecule has 180 valence electrons. The van der Waals surface area contributed by atoms with Gasteiger partial charge >= 0.3 is 0 Å². The third-order valence-corrected chi connectivity index (χ3v) is 5.89. The van der Waals surface area contributed by atoms with Gasteiger partial charge in [0.05, 0.1) is 25.3 Å². The lowest BCUT2D eigenvalue weighted by Crippen LogP contribution is -2.29. The van der Waals surface area contributed by atoms with Crippen molar-refractivity contribution in [3.63, 3.8) is 0 Å². The zero-order valence-corrected chi connectivity index (χ0v) is 20.5. The first-order valence-electron chi connectivity index (χ1n) is 11.2. The number of halogens is 1. The van der Waals surface area contributed by atoms with Crippen molar-refractivity contribution in [2.75, 3.05) is 18.6 Å². The number of Topliss-reactive ketones (excluding diaryl/α,β-unsaturated/α-hetero) is 1. The van der Waals surface area contributed by atoms with Crippen LogP contribution in [0.15, 0.2) is 78.4 Å². The normalized spacial score (nSPS) is 17.2. The van der Waals surface area contributed by atoms with Crippen LogP contribution in [0, 0.1) is 5.92 Å². The molecule has 1 aliphatic rings. The number of ether oxygens (including phenoxy) is 2. The predicted molar refractivity (Wildman–Crippen MR) is 136 cm³/mol. The summed E-state index contributed by atoms with van der Waals surface area (Å²) in [6.45, 7) is 4.68. The molecule has 7 heteroatoms. The molecule has 1 aliphatic heterocycles. The van der Waals surface area contributed by atoms with Crippen molar-refractivity contribution >= 4 is 34.7 Å². The summed E-state index contributed by atoms with van der Waals surface area (Å²) in [5.74, 6) is -0.220. The Morgan fingerprint density at radius 2 is 1.71 bits per heavy atom. The SMILES string of the molecule is COc1cccc(C2/C(=C(/O)c3cccc(Cl)c3)C(=O)C(=O)N2c2ccc(OCC(C)C)cc2)c1. The fraction of sp³-hybridized carbons (Fsp3) is 0.214. The number of benzene rings is 3. The van der Waals surface area contributed by atoms with Crippen molar-refractivity contribution in [2.24, 2.45) is 5.92 Å². The summed E-state index contributed by atoms with van der Waals surface area (Å²) in [5, 5.41) is 11.6. The lowest BCUT2D eigenvalue weighted by molar-refractivity contribution is -0.132. The van der Waals surface area contributed by atoms with E-state index in [2.05, 4.69) is 13.8 Å². The maximum absolute atomic E-state index is 13.3. The third-order valence-electron chi connectivity index (χ3n) is 5.65. The number of carbonyl (C=O) groups is 2. The highest BCUT2D eigenvalue weighted by Gasteiger charge is 2.47. The second kappa shape index (κ2) is 10.2. The minimum absolute atomic E-state index is 0.0225. The summed E-state index contributed by atoms with van der Waals surface area (Å²) >= 11 is 6.11. The number of rotatable bonds is 7. The number of ketones is 1. The number of amides is 1. The van der Waals surface area contributed by atoms with Crippen molar-refractivity contribution in [1.29, 1.82) is 0 Å². The highest BCUT2D eigenvalue weighted by molar-refractivity contribution is 6.51. The summed E-state index contributed by atoms with van der Waals surface area (Å²) in [7, 11) is 1.54. The van der Waals surface area contributed by atoms with Crippen molar-refractivity contribution in [2.45, 2.75) is 19.9 Å². The van der Waals surface area contributed by atoms with Crippen LogP contribution in [-0.4, -0.2) is 30.5 Å². The molecule has 1 N–H and O–H groups in total. The van der Waals surface area contributed by atoms with Gasteiger partial charge in [-0.05, 0) is 60.0 Å². The molecule has 1 heterocycles. The molecule has 1 unspecified atom stereocenters. The topological polar surface area (TPSA) is 76.1 Å². The number of carbonyl (C=O) groups excluding carboxylic acids is 2. The van der Waals surface area contributed by atoms with Gasteiger partial charge in [-0.15, -0.1) is 0 Å². The van der Waals surface area contributed by atoms with Crippen LogP contribution in [0.2, 0.25) is 5.02 Å². The first kappa shape index (κ1) is 24.4. The minimum atomic E-state index is -0.869. The number of aliphatic hydroxyl groups excluding tert-OH is 1. The first-order chi connectivity index (χ1) is 16.8. The van der Waals surface area contributed by atoms with Crippen LogP contribution in [-0.2, 0) is 9.59 Å². The molecule has 0 spiro atoms. The number of aliphatic hydroxyl groups is 1. The molecule has 0 bridgehead atoms. The van der Waals surface area contributed by atoms with E-state index in [1.54, 1.807) is 72.8 Å². The molecular weight excluding hydrogens is 466 g/mol. The van der Waals surface area contributed by atoms with Gasteiger partial charge in [-0.25, -0.2) is 0 Å². The van der Waals surface area contributed by atoms with Crippen LogP contribution in [0.5, 0.6) is 11.5 Å². The van der Waals surface area contributed by atoms with Gasteiger partial charge in [0.15, 0.2) is 0 Å². The van der Waals surface area contributed by atoms with E-state index >= 15 is 0 Å². The largest absolute Gasteiger partial charge is 0.507 e. The molecule has 0 aliphatic carbocycles. The third kappa shape index (κ3) is 5.03. The molecule has 6 nitrogen and oxygen atoms in total. The fourth-order valence-electron chi connectivity index (χ4n) is 3.98. The number of hydrogen-bond donors (Lipinski definition) is 1. The number of anilines is 1. The van der Waals surface area contributed by atoms with Gasteiger partial charge < -0.3 is 14.6 Å². The Hall–Kier alpha value is -3.77. The average Bonchev–Trinajstić information content (AvgIpc) is 3.13. The molecule has 35 heavy (non-hydrogen) atoms. The zero-order chi connectivity index (χ0) is 25.1. The van der Waals surface area contributed by atoms with Crippen molar-refractivity contribution in [3.8, 4) is 11.5 Å². The molecule has 1 fully saturated rings. The van der Waals surface area contributed by atoms with Crippen molar-refractivity contribution < 1.29 is 24.2 Å². The highest BCUT2D eigenvalue weighted by Crippen LogP contribution is 2.43. The van der Waals surface area contributed by atoms with E-state index in [1.807, 2.05) is 0 Å². The van der Waals surface area contributed by atoms with E-state index in [9.17, 15) is 14.7 Å². The van der Waals surface area contributed by atoms with Crippen LogP contribution in [0.25, 0.3) is 5.76 Å². The van der Waals surface area contributed by atoms with Crippen molar-refractivity contribution in [3.05, 3.63) is 94.5 Å². The molecule has 1 atom stereocenters. The van der Waals surface area contributed by atoms with Crippen LogP contribution in [0.4, 0.5) is 5.69 Å². The highest BCUT2D eigenvalue weighted by atomic mass is 35.5. The van der Waals surface area contributed by atoms with Gasteiger partial charge in [0, 0.05) is 16.3 Å². The molecule has 3 aromatic carbocycles. The lowest BCUT2D eigenvalue weighted by Gasteiger charge is -2.26. The van der Waals surface area contributed by atoms with E-state index in [0.29, 0.717) is 45.9 Å². The van der Waals surface area contributed by atoms with Gasteiger partial charge in [0.1, 0.15) is 17.3 Å². The predicted octanol–water partition coefficient (Wildman–Crippen LogP) is 6.01. The Morgan fingerprint density at radius 3 is 2.37 bits per heavy atom. The number of hydrogen-bond acceptors (Lipinski definition) is 5. The Morgan fingerprint density at radius 1 is 1.00 bits per heavy atom. The van der Waals surface area contributed by atoms with Crippen LogP contribution < -0.4 is 14.4 Å². The molecule has 0 radical (unpaired) electrons. The van der Waals surface area contributed by atoms with Gasteiger partial charge in [0.25, 0.3) is 11.7 Å². The minimum Gasteiger partial charge on any atom is -0.507 e. The van der Waals surface area contributed by atoms with Crippen LogP contribution in [0.3, 0.4) is 0 Å². The van der Waals surface area contributed by atoms with Gasteiger partial charge in [-0.2, -0.15) is 0 Å². The summed E-state index contributed by atoms with van der Waals surface area (Å²) in [6, 6.07) is 19.7. The fourth-order valence-corrected chi connectivity index (χ4v) is 4.17. The van der Waals surface area contributed by atoms with Crippen LogP contribution in [0.1, 0.15) is 31.0 Å². The zero-order valence-electron chi connectivity index (χ0n) is 19.7. The lowest BCUT2D eigenvalue weighted by atomic mass is 9.95. The number of methoxy groups -OCH3 is 1. The molecule has 4 rings (SSSR count). The molecular formula is C28H26ClNO5. The smallest absolute Gasteiger partial charge is 0.300 e. The quantitative estimate of drug-likeness (QED) is 0.249. The molecule has 0 saturated carbocycles.